The van der Waals surface area contributed by atoms with Gasteiger partial charge < -0.3 is 14.8 Å². The third kappa shape index (κ3) is 5.68. The van der Waals surface area contributed by atoms with E-state index >= 15 is 0 Å². The first-order valence-corrected chi connectivity index (χ1v) is 6.12. The van der Waals surface area contributed by atoms with Crippen LogP contribution in [0, 0.1) is 0 Å². The van der Waals surface area contributed by atoms with Crippen molar-refractivity contribution in [1.29, 1.82) is 0 Å². The summed E-state index contributed by atoms with van der Waals surface area (Å²) in [5.74, 6) is -0.647. The van der Waals surface area contributed by atoms with Crippen LogP contribution in [0.4, 0.5) is 0 Å². The van der Waals surface area contributed by atoms with Crippen LogP contribution in [0.1, 0.15) is 39.0 Å². The molecule has 1 aliphatic carbocycles. The van der Waals surface area contributed by atoms with E-state index in [-0.39, 0.29) is 31.1 Å². The second-order valence-corrected chi connectivity index (χ2v) is 4.34. The average Bonchev–Trinajstić information content (AvgIpc) is 2.29. The maximum Gasteiger partial charge on any atom is 0.309 e. The van der Waals surface area contributed by atoms with Crippen LogP contribution in [0.15, 0.2) is 0 Å². The highest BCUT2D eigenvalue weighted by atomic mass is 16.6. The zero-order valence-electron chi connectivity index (χ0n) is 10.5. The summed E-state index contributed by atoms with van der Waals surface area (Å²) in [4.78, 5) is 21.9. The van der Waals surface area contributed by atoms with Crippen LogP contribution >= 0.6 is 0 Å². The fraction of sp³-hybridized carbons (Fsp3) is 0.833. The molecule has 0 heterocycles. The molecule has 5 nitrogen and oxygen atoms in total. The average molecular weight is 243 g/mol. The van der Waals surface area contributed by atoms with E-state index in [1.807, 2.05) is 7.05 Å². The van der Waals surface area contributed by atoms with Crippen LogP contribution < -0.4 is 5.32 Å². The molecule has 98 valence electrons. The molecule has 0 bridgehead atoms. The van der Waals surface area contributed by atoms with E-state index in [4.69, 9.17) is 4.74 Å². The molecule has 1 rings (SSSR count). The maximum absolute atomic E-state index is 11.4. The smallest absolute Gasteiger partial charge is 0.309 e. The minimum Gasteiger partial charge on any atom is -0.465 e. The third-order valence-corrected chi connectivity index (χ3v) is 2.99. The third-order valence-electron chi connectivity index (χ3n) is 2.99. The molecule has 0 amide bonds. The topological polar surface area (TPSA) is 64.6 Å². The summed E-state index contributed by atoms with van der Waals surface area (Å²) < 4.78 is 9.99. The van der Waals surface area contributed by atoms with Crippen molar-refractivity contribution >= 4 is 11.9 Å². The van der Waals surface area contributed by atoms with Gasteiger partial charge >= 0.3 is 11.9 Å². The Morgan fingerprint density at radius 1 is 1.24 bits per heavy atom. The van der Waals surface area contributed by atoms with Gasteiger partial charge in [-0.1, -0.05) is 0 Å². The second-order valence-electron chi connectivity index (χ2n) is 4.34. The van der Waals surface area contributed by atoms with Gasteiger partial charge in [-0.15, -0.1) is 0 Å². The number of ether oxygens (including phenoxy) is 2. The Balaban J connectivity index is 2.12. The fourth-order valence-electron chi connectivity index (χ4n) is 1.99. The van der Waals surface area contributed by atoms with Crippen molar-refractivity contribution in [3.8, 4) is 0 Å². The number of hydrogen-bond donors (Lipinski definition) is 1. The molecule has 0 saturated heterocycles. The highest BCUT2D eigenvalue weighted by Gasteiger charge is 2.22. The van der Waals surface area contributed by atoms with Crippen LogP contribution in [0.2, 0.25) is 0 Å². The van der Waals surface area contributed by atoms with Crippen molar-refractivity contribution in [2.75, 3.05) is 13.7 Å². The molecule has 1 aliphatic rings. The Morgan fingerprint density at radius 3 is 2.41 bits per heavy atom. The molecule has 1 N–H and O–H groups in total. The first kappa shape index (κ1) is 14.0. The molecule has 0 aromatic rings. The summed E-state index contributed by atoms with van der Waals surface area (Å²) in [7, 11) is 1.95. The predicted octanol–water partition coefficient (Wildman–Crippen LogP) is 1.01. The Bertz CT molecular complexity index is 259. The van der Waals surface area contributed by atoms with Crippen LogP contribution in [0.3, 0.4) is 0 Å². The van der Waals surface area contributed by atoms with Gasteiger partial charge in [-0.05, 0) is 32.7 Å². The number of hydrogen-bond acceptors (Lipinski definition) is 5. The number of nitrogens with one attached hydrogen (secondary N) is 1. The SMILES string of the molecule is CNC1CCC(OC(=O)CCOC(C)=O)CC1. The lowest BCUT2D eigenvalue weighted by atomic mass is 9.93. The molecular weight excluding hydrogens is 222 g/mol. The van der Waals surface area contributed by atoms with Crippen molar-refractivity contribution in [3.63, 3.8) is 0 Å². The van der Waals surface area contributed by atoms with Crippen molar-refractivity contribution in [2.24, 2.45) is 0 Å². The molecule has 1 saturated carbocycles. The molecule has 0 atom stereocenters. The number of esters is 2. The molecule has 0 spiro atoms. The largest absolute Gasteiger partial charge is 0.465 e. The van der Waals surface area contributed by atoms with E-state index in [2.05, 4.69) is 10.1 Å². The molecule has 17 heavy (non-hydrogen) atoms. The lowest BCUT2D eigenvalue weighted by Crippen LogP contribution is -2.34. The number of rotatable bonds is 5. The Hall–Kier alpha value is -1.10. The van der Waals surface area contributed by atoms with E-state index in [1.165, 1.54) is 6.92 Å². The van der Waals surface area contributed by atoms with Crippen LogP contribution in [-0.4, -0.2) is 37.7 Å². The zero-order chi connectivity index (χ0) is 12.7. The first-order valence-electron chi connectivity index (χ1n) is 6.12. The normalized spacial score (nSPS) is 24.1. The summed E-state index contributed by atoms with van der Waals surface area (Å²) in [6, 6.07) is 0.547. The Morgan fingerprint density at radius 2 is 1.88 bits per heavy atom. The van der Waals surface area contributed by atoms with E-state index in [9.17, 15) is 9.59 Å². The van der Waals surface area contributed by atoms with Crippen LogP contribution in [0.5, 0.6) is 0 Å². The van der Waals surface area contributed by atoms with E-state index in [0.717, 1.165) is 25.7 Å². The highest BCUT2D eigenvalue weighted by molar-refractivity contribution is 5.70. The molecular formula is C12H21NO4. The Kier molecular flexibility index (Phi) is 5.97. The summed E-state index contributed by atoms with van der Waals surface area (Å²) in [6.07, 6.45) is 4.07. The lowest BCUT2D eigenvalue weighted by Gasteiger charge is -2.27. The van der Waals surface area contributed by atoms with Crippen molar-refractivity contribution < 1.29 is 19.1 Å². The van der Waals surface area contributed by atoms with Gasteiger partial charge in [0.2, 0.25) is 0 Å². The van der Waals surface area contributed by atoms with Gasteiger partial charge in [0.05, 0.1) is 6.42 Å². The Labute approximate surface area is 102 Å². The van der Waals surface area contributed by atoms with Gasteiger partial charge in [-0.3, -0.25) is 9.59 Å². The molecule has 0 unspecified atom stereocenters. The molecule has 0 aromatic carbocycles. The quantitative estimate of drug-likeness (QED) is 0.730. The summed E-state index contributed by atoms with van der Waals surface area (Å²) >= 11 is 0. The highest BCUT2D eigenvalue weighted by Crippen LogP contribution is 2.21. The molecule has 0 aromatic heterocycles. The van der Waals surface area contributed by atoms with Crippen LogP contribution in [0.25, 0.3) is 0 Å². The maximum atomic E-state index is 11.4. The van der Waals surface area contributed by atoms with Gasteiger partial charge in [-0.25, -0.2) is 0 Å². The van der Waals surface area contributed by atoms with Gasteiger partial charge in [0, 0.05) is 13.0 Å². The number of carbonyl (C=O) groups is 2. The van der Waals surface area contributed by atoms with Crippen molar-refractivity contribution in [2.45, 2.75) is 51.2 Å². The summed E-state index contributed by atoms with van der Waals surface area (Å²) in [5.41, 5.74) is 0. The number of carbonyl (C=O) groups excluding carboxylic acids is 2. The van der Waals surface area contributed by atoms with E-state index in [1.54, 1.807) is 0 Å². The predicted molar refractivity (Wildman–Crippen MR) is 62.4 cm³/mol. The van der Waals surface area contributed by atoms with Gasteiger partial charge in [0.15, 0.2) is 0 Å². The van der Waals surface area contributed by atoms with Gasteiger partial charge in [0.25, 0.3) is 0 Å². The van der Waals surface area contributed by atoms with E-state index < -0.39 is 0 Å². The van der Waals surface area contributed by atoms with Gasteiger partial charge in [-0.2, -0.15) is 0 Å². The summed E-state index contributed by atoms with van der Waals surface area (Å²) in [6.45, 7) is 1.43. The van der Waals surface area contributed by atoms with Crippen molar-refractivity contribution in [1.82, 2.24) is 5.32 Å². The minimum absolute atomic E-state index is 0.0319. The van der Waals surface area contributed by atoms with Gasteiger partial charge in [0.1, 0.15) is 12.7 Å². The standard InChI is InChI=1S/C12H21NO4/c1-9(14)16-8-7-12(15)17-11-5-3-10(13-2)4-6-11/h10-11,13H,3-8H2,1-2H3. The fourth-order valence-corrected chi connectivity index (χ4v) is 1.99. The zero-order valence-corrected chi connectivity index (χ0v) is 10.5. The van der Waals surface area contributed by atoms with E-state index in [0.29, 0.717) is 6.04 Å². The molecule has 5 heteroatoms. The molecule has 0 aliphatic heterocycles. The first-order chi connectivity index (χ1) is 8.11. The van der Waals surface area contributed by atoms with Crippen molar-refractivity contribution in [3.05, 3.63) is 0 Å². The molecule has 1 fully saturated rings. The van der Waals surface area contributed by atoms with Crippen LogP contribution in [-0.2, 0) is 19.1 Å². The monoisotopic (exact) mass is 243 g/mol. The molecule has 0 radical (unpaired) electrons. The minimum atomic E-state index is -0.368. The summed E-state index contributed by atoms with van der Waals surface area (Å²) in [5, 5.41) is 3.23. The second kappa shape index (κ2) is 7.27. The lowest BCUT2D eigenvalue weighted by molar-refractivity contribution is -0.153.